The maximum Gasteiger partial charge on any atom is 0.305 e. The first kappa shape index (κ1) is 27.7. The number of likely N-dealkylation sites (N-methyl/N-ethyl adjacent to an activating group) is 1. The SMILES string of the molecule is CNc1ccc(C(=C2C=CC(NC)C=C2)c2ccc(N3CCN(CCCCCC(=O)OC)CC3)cc2)cc1. The maximum absolute atomic E-state index is 11.3. The van der Waals surface area contributed by atoms with Crippen molar-refractivity contribution in [3.8, 4) is 0 Å². The normalized spacial score (nSPS) is 17.5. The van der Waals surface area contributed by atoms with E-state index in [0.29, 0.717) is 6.42 Å². The molecule has 38 heavy (non-hydrogen) atoms. The van der Waals surface area contributed by atoms with E-state index >= 15 is 0 Å². The van der Waals surface area contributed by atoms with Crippen molar-refractivity contribution in [2.75, 3.05) is 64.1 Å². The summed E-state index contributed by atoms with van der Waals surface area (Å²) >= 11 is 0. The molecular formula is C32H42N4O2. The number of nitrogens with one attached hydrogen (secondary N) is 2. The molecule has 0 unspecified atom stereocenters. The van der Waals surface area contributed by atoms with Crippen LogP contribution in [0.1, 0.15) is 36.8 Å². The van der Waals surface area contributed by atoms with E-state index in [1.54, 1.807) is 0 Å². The molecule has 0 amide bonds. The molecule has 2 aliphatic rings. The van der Waals surface area contributed by atoms with Gasteiger partial charge in [0.25, 0.3) is 0 Å². The van der Waals surface area contributed by atoms with Crippen LogP contribution in [0, 0.1) is 0 Å². The van der Waals surface area contributed by atoms with Crippen LogP contribution in [0.15, 0.2) is 78.4 Å². The first-order valence-electron chi connectivity index (χ1n) is 13.8. The largest absolute Gasteiger partial charge is 0.469 e. The number of esters is 1. The average molecular weight is 515 g/mol. The summed E-state index contributed by atoms with van der Waals surface area (Å²) in [5.74, 6) is -0.103. The lowest BCUT2D eigenvalue weighted by molar-refractivity contribution is -0.140. The number of ether oxygens (including phenoxy) is 1. The standard InChI is InChI=1S/C32H42N4O2/c1-33-28-14-8-25(9-15-28)32(26-10-16-29(34-2)17-11-26)27-12-18-30(19-13-27)36-23-21-35(22-24-36)20-6-4-5-7-31(37)38-3/h8-19,28,33-34H,4-7,20-24H2,1-3H3. The van der Waals surface area contributed by atoms with Gasteiger partial charge in [0, 0.05) is 57.1 Å². The van der Waals surface area contributed by atoms with Crippen LogP contribution in [0.2, 0.25) is 0 Å². The molecule has 1 saturated heterocycles. The number of nitrogens with zero attached hydrogens (tertiary/aromatic N) is 2. The highest BCUT2D eigenvalue weighted by Gasteiger charge is 2.18. The lowest BCUT2D eigenvalue weighted by Gasteiger charge is -2.36. The van der Waals surface area contributed by atoms with Crippen LogP contribution in [0.4, 0.5) is 11.4 Å². The third-order valence-corrected chi connectivity index (χ3v) is 7.53. The molecule has 0 aromatic heterocycles. The molecule has 0 spiro atoms. The third kappa shape index (κ3) is 7.36. The Kier molecular flexibility index (Phi) is 10.2. The summed E-state index contributed by atoms with van der Waals surface area (Å²) in [6, 6.07) is 18.0. The summed E-state index contributed by atoms with van der Waals surface area (Å²) in [6.45, 7) is 5.34. The molecule has 1 aliphatic carbocycles. The molecule has 6 heteroatoms. The zero-order valence-corrected chi connectivity index (χ0v) is 23.1. The van der Waals surface area contributed by atoms with Crippen LogP contribution in [-0.4, -0.2) is 70.8 Å². The zero-order chi connectivity index (χ0) is 26.7. The van der Waals surface area contributed by atoms with Crippen molar-refractivity contribution in [2.24, 2.45) is 0 Å². The molecular weight excluding hydrogens is 472 g/mol. The van der Waals surface area contributed by atoms with Gasteiger partial charge in [0.15, 0.2) is 0 Å². The Morgan fingerprint density at radius 1 is 0.868 bits per heavy atom. The van der Waals surface area contributed by atoms with Crippen LogP contribution < -0.4 is 15.5 Å². The number of methoxy groups -OCH3 is 1. The number of hydrogen-bond acceptors (Lipinski definition) is 6. The minimum Gasteiger partial charge on any atom is -0.469 e. The Bertz CT molecular complexity index is 1110. The van der Waals surface area contributed by atoms with E-state index in [1.807, 2.05) is 14.1 Å². The highest BCUT2D eigenvalue weighted by Crippen LogP contribution is 2.32. The second kappa shape index (κ2) is 14.0. The molecule has 2 N–H and O–H groups in total. The van der Waals surface area contributed by atoms with Crippen molar-refractivity contribution in [3.63, 3.8) is 0 Å². The van der Waals surface area contributed by atoms with Crippen LogP contribution >= 0.6 is 0 Å². The fraction of sp³-hybridized carbons (Fsp3) is 0.406. The molecule has 0 bridgehead atoms. The van der Waals surface area contributed by atoms with Crippen LogP contribution in [0.25, 0.3) is 5.57 Å². The van der Waals surface area contributed by atoms with Gasteiger partial charge in [-0.3, -0.25) is 9.69 Å². The van der Waals surface area contributed by atoms with Gasteiger partial charge in [-0.15, -0.1) is 0 Å². The predicted octanol–water partition coefficient (Wildman–Crippen LogP) is 5.10. The van der Waals surface area contributed by atoms with Crippen LogP contribution in [0.5, 0.6) is 0 Å². The highest BCUT2D eigenvalue weighted by molar-refractivity contribution is 5.86. The summed E-state index contributed by atoms with van der Waals surface area (Å²) in [4.78, 5) is 16.3. The monoisotopic (exact) mass is 514 g/mol. The van der Waals surface area contributed by atoms with Crippen molar-refractivity contribution in [2.45, 2.75) is 31.7 Å². The Hall–Kier alpha value is -3.35. The fourth-order valence-electron chi connectivity index (χ4n) is 5.15. The number of hydrogen-bond donors (Lipinski definition) is 2. The summed E-state index contributed by atoms with van der Waals surface area (Å²) in [7, 11) is 5.39. The fourth-order valence-corrected chi connectivity index (χ4v) is 5.15. The third-order valence-electron chi connectivity index (χ3n) is 7.53. The van der Waals surface area contributed by atoms with E-state index in [4.69, 9.17) is 4.74 Å². The number of carbonyl (C=O) groups excluding carboxylic acids is 1. The van der Waals surface area contributed by atoms with E-state index in [9.17, 15) is 4.79 Å². The van der Waals surface area contributed by atoms with Gasteiger partial charge in [-0.1, -0.05) is 55.0 Å². The molecule has 202 valence electrons. The highest BCUT2D eigenvalue weighted by atomic mass is 16.5. The molecule has 1 aliphatic heterocycles. The van der Waals surface area contributed by atoms with E-state index in [2.05, 4.69) is 93.3 Å². The second-order valence-corrected chi connectivity index (χ2v) is 9.95. The van der Waals surface area contributed by atoms with Crippen molar-refractivity contribution < 1.29 is 9.53 Å². The van der Waals surface area contributed by atoms with Gasteiger partial charge in [0.2, 0.25) is 0 Å². The summed E-state index contributed by atoms with van der Waals surface area (Å²) in [6.07, 6.45) is 12.5. The van der Waals surface area contributed by atoms with Gasteiger partial charge in [0.1, 0.15) is 0 Å². The second-order valence-electron chi connectivity index (χ2n) is 9.95. The number of carbonyl (C=O) groups is 1. The first-order valence-corrected chi connectivity index (χ1v) is 13.8. The first-order chi connectivity index (χ1) is 18.6. The molecule has 0 radical (unpaired) electrons. The zero-order valence-electron chi connectivity index (χ0n) is 23.1. The number of rotatable bonds is 11. The Labute approximate surface area is 228 Å². The van der Waals surface area contributed by atoms with E-state index in [1.165, 1.54) is 35.1 Å². The van der Waals surface area contributed by atoms with E-state index in [0.717, 1.165) is 57.7 Å². The van der Waals surface area contributed by atoms with Crippen LogP contribution in [0.3, 0.4) is 0 Å². The minimum atomic E-state index is -0.103. The van der Waals surface area contributed by atoms with Crippen molar-refractivity contribution in [3.05, 3.63) is 89.5 Å². The average Bonchev–Trinajstić information content (AvgIpc) is 2.98. The molecule has 1 fully saturated rings. The Morgan fingerprint density at radius 2 is 1.50 bits per heavy atom. The Balaban J connectivity index is 1.40. The van der Waals surface area contributed by atoms with Gasteiger partial charge >= 0.3 is 5.97 Å². The Morgan fingerprint density at radius 3 is 2.08 bits per heavy atom. The van der Waals surface area contributed by atoms with Crippen LogP contribution in [-0.2, 0) is 9.53 Å². The molecule has 2 aromatic carbocycles. The van der Waals surface area contributed by atoms with Gasteiger partial charge < -0.3 is 20.3 Å². The topological polar surface area (TPSA) is 56.8 Å². The van der Waals surface area contributed by atoms with Gasteiger partial charge in [0.05, 0.1) is 7.11 Å². The van der Waals surface area contributed by atoms with Gasteiger partial charge in [-0.25, -0.2) is 0 Å². The maximum atomic E-state index is 11.3. The number of piperazine rings is 1. The van der Waals surface area contributed by atoms with E-state index in [-0.39, 0.29) is 12.0 Å². The number of unbranched alkanes of at least 4 members (excludes halogenated alkanes) is 2. The van der Waals surface area contributed by atoms with Crippen molar-refractivity contribution in [1.82, 2.24) is 10.2 Å². The summed E-state index contributed by atoms with van der Waals surface area (Å²) < 4.78 is 4.72. The summed E-state index contributed by atoms with van der Waals surface area (Å²) in [5, 5.41) is 6.52. The lowest BCUT2D eigenvalue weighted by Crippen LogP contribution is -2.46. The number of anilines is 2. The lowest BCUT2D eigenvalue weighted by atomic mass is 9.90. The number of benzene rings is 2. The molecule has 0 atom stereocenters. The van der Waals surface area contributed by atoms with Crippen molar-refractivity contribution in [1.29, 1.82) is 0 Å². The molecule has 1 heterocycles. The summed E-state index contributed by atoms with van der Waals surface area (Å²) in [5.41, 5.74) is 7.30. The predicted molar refractivity (Wildman–Crippen MR) is 159 cm³/mol. The molecule has 4 rings (SSSR count). The number of allylic oxidation sites excluding steroid dienone is 3. The molecule has 2 aromatic rings. The van der Waals surface area contributed by atoms with Gasteiger partial charge in [-0.2, -0.15) is 0 Å². The molecule has 6 nitrogen and oxygen atoms in total. The van der Waals surface area contributed by atoms with Gasteiger partial charge in [-0.05, 0) is 73.0 Å². The quantitative estimate of drug-likeness (QED) is 0.322. The van der Waals surface area contributed by atoms with Crippen molar-refractivity contribution >= 4 is 22.9 Å². The van der Waals surface area contributed by atoms with E-state index < -0.39 is 0 Å². The minimum absolute atomic E-state index is 0.103. The molecule has 0 saturated carbocycles. The smallest absolute Gasteiger partial charge is 0.305 e.